The summed E-state index contributed by atoms with van der Waals surface area (Å²) < 4.78 is 11.3. The van der Waals surface area contributed by atoms with Gasteiger partial charge in [-0.2, -0.15) is 0 Å². The number of benzene rings is 2. The number of rotatable bonds is 6. The molecule has 0 saturated heterocycles. The fraction of sp³-hybridized carbons (Fsp3) is 0.261. The monoisotopic (exact) mass is 348 g/mol. The van der Waals surface area contributed by atoms with Crippen molar-refractivity contribution in [1.82, 2.24) is 0 Å². The Morgan fingerprint density at radius 3 is 2.54 bits per heavy atom. The standard InChI is InChI=1S/C23H24O3/c1-16(2)7-6-8-17(3)13-14-25-18-11-12-20-19-9-4-5-10-21(19)23(24)26-22(20)15-18/h4-5,7,9-13,15H,6,8,14H2,1-3H3/b17-13-. The second-order valence-electron chi connectivity index (χ2n) is 6.77. The molecule has 134 valence electrons. The smallest absolute Gasteiger partial charge is 0.344 e. The molecule has 0 amide bonds. The van der Waals surface area contributed by atoms with Crippen molar-refractivity contribution in [2.75, 3.05) is 6.61 Å². The lowest BCUT2D eigenvalue weighted by Gasteiger charge is -2.07. The molecule has 3 rings (SSSR count). The summed E-state index contributed by atoms with van der Waals surface area (Å²) in [4.78, 5) is 12.1. The number of fused-ring (bicyclic) bond motifs is 3. The van der Waals surface area contributed by atoms with Crippen LogP contribution in [0.1, 0.15) is 33.6 Å². The summed E-state index contributed by atoms with van der Waals surface area (Å²) >= 11 is 0. The van der Waals surface area contributed by atoms with Crippen molar-refractivity contribution in [2.24, 2.45) is 0 Å². The highest BCUT2D eigenvalue weighted by atomic mass is 16.5. The quantitative estimate of drug-likeness (QED) is 0.311. The van der Waals surface area contributed by atoms with E-state index in [0.29, 0.717) is 23.3 Å². The molecular weight excluding hydrogens is 324 g/mol. The van der Waals surface area contributed by atoms with Gasteiger partial charge in [0.15, 0.2) is 0 Å². The fourth-order valence-corrected chi connectivity index (χ4v) is 2.92. The minimum absolute atomic E-state index is 0.319. The van der Waals surface area contributed by atoms with Gasteiger partial charge in [-0.25, -0.2) is 4.79 Å². The van der Waals surface area contributed by atoms with Crippen molar-refractivity contribution in [3.05, 3.63) is 76.2 Å². The van der Waals surface area contributed by atoms with Crippen LogP contribution in [0.5, 0.6) is 5.75 Å². The van der Waals surface area contributed by atoms with Gasteiger partial charge in [-0.1, -0.05) is 35.4 Å². The van der Waals surface area contributed by atoms with Crippen LogP contribution in [-0.4, -0.2) is 6.61 Å². The molecule has 3 aromatic rings. The SMILES string of the molecule is CC(C)=CCC/C(C)=C\COc1ccc2c(c1)oc(=O)c1ccccc12. The molecule has 0 fully saturated rings. The molecule has 0 radical (unpaired) electrons. The van der Waals surface area contributed by atoms with E-state index in [0.717, 1.165) is 23.6 Å². The molecule has 0 aliphatic rings. The van der Waals surface area contributed by atoms with Crippen LogP contribution in [0.15, 0.2) is 75.0 Å². The molecule has 3 heteroatoms. The third kappa shape index (κ3) is 4.23. The van der Waals surface area contributed by atoms with Crippen molar-refractivity contribution >= 4 is 21.7 Å². The zero-order valence-electron chi connectivity index (χ0n) is 15.5. The maximum Gasteiger partial charge on any atom is 0.344 e. The Kier molecular flexibility index (Phi) is 5.57. The molecule has 0 spiro atoms. The Morgan fingerprint density at radius 2 is 1.77 bits per heavy atom. The van der Waals surface area contributed by atoms with Gasteiger partial charge in [0.25, 0.3) is 0 Å². The molecule has 0 atom stereocenters. The third-order valence-corrected chi connectivity index (χ3v) is 4.37. The first-order chi connectivity index (χ1) is 12.5. The van der Waals surface area contributed by atoms with Crippen LogP contribution in [-0.2, 0) is 0 Å². The van der Waals surface area contributed by atoms with E-state index < -0.39 is 0 Å². The van der Waals surface area contributed by atoms with Gasteiger partial charge in [-0.3, -0.25) is 0 Å². The Bertz CT molecular complexity index is 1030. The van der Waals surface area contributed by atoms with Gasteiger partial charge in [-0.15, -0.1) is 0 Å². The largest absolute Gasteiger partial charge is 0.489 e. The van der Waals surface area contributed by atoms with Gasteiger partial charge in [0.1, 0.15) is 17.9 Å². The summed E-state index contributed by atoms with van der Waals surface area (Å²) in [5.41, 5.74) is 2.88. The van der Waals surface area contributed by atoms with Crippen molar-refractivity contribution < 1.29 is 9.15 Å². The Balaban J connectivity index is 1.75. The molecule has 0 aliphatic carbocycles. The summed E-state index contributed by atoms with van der Waals surface area (Å²) in [5.74, 6) is 0.698. The molecule has 1 heterocycles. The van der Waals surface area contributed by atoms with Crippen molar-refractivity contribution in [1.29, 1.82) is 0 Å². The van der Waals surface area contributed by atoms with Crippen LogP contribution in [0.2, 0.25) is 0 Å². The average molecular weight is 348 g/mol. The Hall–Kier alpha value is -2.81. The molecule has 26 heavy (non-hydrogen) atoms. The summed E-state index contributed by atoms with van der Waals surface area (Å²) in [6.45, 7) is 6.85. The summed E-state index contributed by atoms with van der Waals surface area (Å²) in [6, 6.07) is 13.1. The highest BCUT2D eigenvalue weighted by Crippen LogP contribution is 2.26. The zero-order chi connectivity index (χ0) is 18.5. The first kappa shape index (κ1) is 18.0. The molecule has 0 unspecified atom stereocenters. The van der Waals surface area contributed by atoms with Gasteiger partial charge < -0.3 is 9.15 Å². The van der Waals surface area contributed by atoms with Crippen LogP contribution in [0.4, 0.5) is 0 Å². The van der Waals surface area contributed by atoms with Gasteiger partial charge in [0.05, 0.1) is 5.39 Å². The lowest BCUT2D eigenvalue weighted by Crippen LogP contribution is -2.00. The van der Waals surface area contributed by atoms with Crippen molar-refractivity contribution in [3.63, 3.8) is 0 Å². The van der Waals surface area contributed by atoms with E-state index in [1.165, 1.54) is 11.1 Å². The molecule has 3 nitrogen and oxygen atoms in total. The van der Waals surface area contributed by atoms with Gasteiger partial charge in [-0.05, 0) is 63.3 Å². The number of allylic oxidation sites excluding steroid dienone is 3. The number of hydrogen-bond donors (Lipinski definition) is 0. The predicted molar refractivity (Wildman–Crippen MR) is 108 cm³/mol. The Morgan fingerprint density at radius 1 is 1.00 bits per heavy atom. The highest BCUT2D eigenvalue weighted by molar-refractivity contribution is 6.04. The molecule has 0 N–H and O–H groups in total. The second kappa shape index (κ2) is 8.05. The van der Waals surface area contributed by atoms with Crippen LogP contribution in [0.25, 0.3) is 21.7 Å². The lowest BCUT2D eigenvalue weighted by atomic mass is 10.1. The van der Waals surface area contributed by atoms with Crippen LogP contribution in [0, 0.1) is 0 Å². The molecule has 1 aromatic heterocycles. The van der Waals surface area contributed by atoms with Crippen LogP contribution >= 0.6 is 0 Å². The highest BCUT2D eigenvalue weighted by Gasteiger charge is 2.07. The third-order valence-electron chi connectivity index (χ3n) is 4.37. The van der Waals surface area contributed by atoms with E-state index >= 15 is 0 Å². The van der Waals surface area contributed by atoms with E-state index in [4.69, 9.17) is 9.15 Å². The van der Waals surface area contributed by atoms with Gasteiger partial charge >= 0.3 is 5.63 Å². The topological polar surface area (TPSA) is 39.4 Å². The van der Waals surface area contributed by atoms with E-state index in [2.05, 4.69) is 32.9 Å². The minimum Gasteiger partial charge on any atom is -0.489 e. The maximum atomic E-state index is 12.1. The maximum absolute atomic E-state index is 12.1. The first-order valence-corrected chi connectivity index (χ1v) is 8.92. The summed E-state index contributed by atoms with van der Waals surface area (Å²) in [7, 11) is 0. The normalized spacial score (nSPS) is 11.7. The lowest BCUT2D eigenvalue weighted by molar-refractivity contribution is 0.361. The number of hydrogen-bond acceptors (Lipinski definition) is 3. The molecule has 2 aromatic carbocycles. The average Bonchev–Trinajstić information content (AvgIpc) is 2.61. The molecule has 0 saturated carbocycles. The van der Waals surface area contributed by atoms with E-state index in [-0.39, 0.29) is 5.63 Å². The first-order valence-electron chi connectivity index (χ1n) is 8.92. The fourth-order valence-electron chi connectivity index (χ4n) is 2.92. The minimum atomic E-state index is -0.319. The van der Waals surface area contributed by atoms with E-state index in [9.17, 15) is 4.79 Å². The zero-order valence-corrected chi connectivity index (χ0v) is 15.5. The molecule has 0 aliphatic heterocycles. The van der Waals surface area contributed by atoms with Crippen LogP contribution < -0.4 is 10.4 Å². The van der Waals surface area contributed by atoms with E-state index in [1.807, 2.05) is 30.3 Å². The molecule has 0 bridgehead atoms. The number of ether oxygens (including phenoxy) is 1. The van der Waals surface area contributed by atoms with Crippen LogP contribution in [0.3, 0.4) is 0 Å². The van der Waals surface area contributed by atoms with Gasteiger partial charge in [0.2, 0.25) is 0 Å². The molecular formula is C23H24O3. The summed E-state index contributed by atoms with van der Waals surface area (Å²) in [5, 5.41) is 2.42. The van der Waals surface area contributed by atoms with E-state index in [1.54, 1.807) is 12.1 Å². The predicted octanol–water partition coefficient (Wildman–Crippen LogP) is 6.02. The van der Waals surface area contributed by atoms with Gasteiger partial charge in [0, 0.05) is 11.5 Å². The summed E-state index contributed by atoms with van der Waals surface area (Å²) in [6.07, 6.45) is 6.43. The van der Waals surface area contributed by atoms with Crippen molar-refractivity contribution in [2.45, 2.75) is 33.6 Å². The second-order valence-corrected chi connectivity index (χ2v) is 6.77. The van der Waals surface area contributed by atoms with Crippen molar-refractivity contribution in [3.8, 4) is 5.75 Å². The Labute approximate surface area is 153 Å².